The van der Waals surface area contributed by atoms with Crippen molar-refractivity contribution < 1.29 is 9.18 Å². The van der Waals surface area contributed by atoms with Crippen LogP contribution in [0.5, 0.6) is 0 Å². The van der Waals surface area contributed by atoms with E-state index in [1.54, 1.807) is 6.07 Å². The Kier molecular flexibility index (Phi) is 7.18. The number of carbonyl (C=O) groups is 1. The highest BCUT2D eigenvalue weighted by Crippen LogP contribution is 2.23. The zero-order valence-electron chi connectivity index (χ0n) is 18.1. The SMILES string of the molecule is Cc1c(CCc2ccc(Cl)c(F)c2)ncnc1C(=O)N1CCC(N2CCCCC2)CC1. The topological polar surface area (TPSA) is 49.3 Å². The number of rotatable bonds is 5. The van der Waals surface area contributed by atoms with Gasteiger partial charge in [-0.15, -0.1) is 0 Å². The maximum absolute atomic E-state index is 13.7. The van der Waals surface area contributed by atoms with E-state index in [4.69, 9.17) is 11.6 Å². The van der Waals surface area contributed by atoms with Gasteiger partial charge in [0.15, 0.2) is 0 Å². The maximum Gasteiger partial charge on any atom is 0.272 e. The van der Waals surface area contributed by atoms with Gasteiger partial charge >= 0.3 is 0 Å². The van der Waals surface area contributed by atoms with Crippen LogP contribution in [-0.4, -0.2) is 57.9 Å². The van der Waals surface area contributed by atoms with Crippen molar-refractivity contribution >= 4 is 17.5 Å². The Balaban J connectivity index is 1.38. The number of piperidine rings is 2. The molecule has 2 aromatic rings. The highest BCUT2D eigenvalue weighted by molar-refractivity contribution is 6.30. The first-order valence-electron chi connectivity index (χ1n) is 11.3. The highest BCUT2D eigenvalue weighted by Gasteiger charge is 2.29. The predicted octanol–water partition coefficient (Wildman–Crippen LogP) is 4.45. The van der Waals surface area contributed by atoms with Gasteiger partial charge in [0.25, 0.3) is 5.91 Å². The largest absolute Gasteiger partial charge is 0.337 e. The van der Waals surface area contributed by atoms with Crippen molar-refractivity contribution in [2.75, 3.05) is 26.2 Å². The Labute approximate surface area is 188 Å². The van der Waals surface area contributed by atoms with Crippen molar-refractivity contribution in [3.63, 3.8) is 0 Å². The van der Waals surface area contributed by atoms with Crippen LogP contribution in [0.4, 0.5) is 4.39 Å². The molecule has 0 saturated carbocycles. The minimum absolute atomic E-state index is 0.00391. The molecule has 1 aromatic carbocycles. The van der Waals surface area contributed by atoms with Crippen LogP contribution in [0, 0.1) is 12.7 Å². The van der Waals surface area contributed by atoms with E-state index in [1.165, 1.54) is 44.7 Å². The Morgan fingerprint density at radius 2 is 1.84 bits per heavy atom. The zero-order valence-corrected chi connectivity index (χ0v) is 18.9. The van der Waals surface area contributed by atoms with Gasteiger partial charge in [0.05, 0.1) is 5.02 Å². The molecule has 1 aromatic heterocycles. The maximum atomic E-state index is 13.7. The fraction of sp³-hybridized carbons (Fsp3) is 0.542. The van der Waals surface area contributed by atoms with Crippen LogP contribution >= 0.6 is 11.6 Å². The average Bonchev–Trinajstić information content (AvgIpc) is 2.81. The second-order valence-electron chi connectivity index (χ2n) is 8.66. The van der Waals surface area contributed by atoms with E-state index in [0.29, 0.717) is 24.6 Å². The second kappa shape index (κ2) is 10.0. The number of aryl methyl sites for hydroxylation is 2. The van der Waals surface area contributed by atoms with Crippen molar-refractivity contribution in [3.8, 4) is 0 Å². The van der Waals surface area contributed by atoms with Crippen LogP contribution in [-0.2, 0) is 12.8 Å². The standard InChI is InChI=1S/C24H30ClFN4O/c1-17-22(8-6-18-5-7-20(25)21(26)15-18)27-16-28-23(17)24(31)30-13-9-19(10-14-30)29-11-3-2-4-12-29/h5,7,15-16,19H,2-4,6,8-14H2,1H3. The number of halogens is 2. The Morgan fingerprint density at radius 1 is 1.10 bits per heavy atom. The van der Waals surface area contributed by atoms with Gasteiger partial charge in [-0.2, -0.15) is 0 Å². The summed E-state index contributed by atoms with van der Waals surface area (Å²) in [5, 5.41) is 0.124. The lowest BCUT2D eigenvalue weighted by atomic mass is 9.99. The number of likely N-dealkylation sites (tertiary alicyclic amines) is 2. The number of amides is 1. The molecule has 4 rings (SSSR count). The molecule has 2 saturated heterocycles. The van der Waals surface area contributed by atoms with Gasteiger partial charge in [0.2, 0.25) is 0 Å². The van der Waals surface area contributed by atoms with Gasteiger partial charge in [-0.3, -0.25) is 4.79 Å². The third-order valence-corrected chi connectivity index (χ3v) is 6.99. The first-order valence-corrected chi connectivity index (χ1v) is 11.7. The number of hydrogen-bond acceptors (Lipinski definition) is 4. The van der Waals surface area contributed by atoms with E-state index in [-0.39, 0.29) is 10.9 Å². The lowest BCUT2D eigenvalue weighted by Gasteiger charge is -2.40. The highest BCUT2D eigenvalue weighted by atomic mass is 35.5. The minimum Gasteiger partial charge on any atom is -0.337 e. The summed E-state index contributed by atoms with van der Waals surface area (Å²) >= 11 is 5.77. The van der Waals surface area contributed by atoms with Gasteiger partial charge in [-0.1, -0.05) is 24.1 Å². The molecule has 1 amide bonds. The second-order valence-corrected chi connectivity index (χ2v) is 9.07. The Hall–Kier alpha value is -2.05. The number of hydrogen-bond donors (Lipinski definition) is 0. The summed E-state index contributed by atoms with van der Waals surface area (Å²) in [6, 6.07) is 5.45. The molecule has 5 nitrogen and oxygen atoms in total. The molecular weight excluding hydrogens is 415 g/mol. The molecule has 0 unspecified atom stereocenters. The van der Waals surface area contributed by atoms with E-state index < -0.39 is 5.82 Å². The molecule has 7 heteroatoms. The van der Waals surface area contributed by atoms with Crippen LogP contribution in [0.1, 0.15) is 59.4 Å². The molecule has 0 aliphatic carbocycles. The monoisotopic (exact) mass is 444 g/mol. The average molecular weight is 445 g/mol. The summed E-state index contributed by atoms with van der Waals surface area (Å²) in [5.41, 5.74) is 2.99. The number of carbonyl (C=O) groups excluding carboxylic acids is 1. The van der Waals surface area contributed by atoms with Crippen LogP contribution in [0.3, 0.4) is 0 Å². The molecule has 2 aliphatic heterocycles. The molecule has 0 spiro atoms. The molecule has 166 valence electrons. The summed E-state index contributed by atoms with van der Waals surface area (Å²) in [4.78, 5) is 26.4. The van der Waals surface area contributed by atoms with Crippen molar-refractivity contribution in [1.29, 1.82) is 0 Å². The summed E-state index contributed by atoms with van der Waals surface area (Å²) in [6.07, 6.45) is 8.72. The molecule has 0 bridgehead atoms. The van der Waals surface area contributed by atoms with E-state index >= 15 is 0 Å². The third-order valence-electron chi connectivity index (χ3n) is 6.68. The Morgan fingerprint density at radius 3 is 2.55 bits per heavy atom. The van der Waals surface area contributed by atoms with Crippen molar-refractivity contribution in [2.24, 2.45) is 0 Å². The summed E-state index contributed by atoms with van der Waals surface area (Å²) in [6.45, 7) is 5.87. The van der Waals surface area contributed by atoms with E-state index in [9.17, 15) is 9.18 Å². The lowest BCUT2D eigenvalue weighted by Crippen LogP contribution is -2.48. The third kappa shape index (κ3) is 5.24. The zero-order chi connectivity index (χ0) is 21.8. The fourth-order valence-corrected chi connectivity index (χ4v) is 4.90. The van der Waals surface area contributed by atoms with Gasteiger partial charge in [0.1, 0.15) is 17.8 Å². The number of benzene rings is 1. The fourth-order valence-electron chi connectivity index (χ4n) is 4.78. The summed E-state index contributed by atoms with van der Waals surface area (Å²) in [7, 11) is 0. The summed E-state index contributed by atoms with van der Waals surface area (Å²) in [5.74, 6) is -0.418. The molecule has 0 atom stereocenters. The summed E-state index contributed by atoms with van der Waals surface area (Å²) < 4.78 is 13.7. The van der Waals surface area contributed by atoms with Gasteiger partial charge in [0, 0.05) is 30.4 Å². The van der Waals surface area contributed by atoms with Crippen LogP contribution in [0.25, 0.3) is 0 Å². The molecule has 0 N–H and O–H groups in total. The first-order chi connectivity index (χ1) is 15.0. The van der Waals surface area contributed by atoms with Gasteiger partial charge < -0.3 is 9.80 Å². The quantitative estimate of drug-likeness (QED) is 0.683. The van der Waals surface area contributed by atoms with E-state index in [2.05, 4.69) is 14.9 Å². The first kappa shape index (κ1) is 22.2. The van der Waals surface area contributed by atoms with E-state index in [0.717, 1.165) is 42.8 Å². The van der Waals surface area contributed by atoms with Crippen molar-refractivity contribution in [3.05, 3.63) is 57.9 Å². The number of nitrogens with zero attached hydrogens (tertiary/aromatic N) is 4. The molecular formula is C24H30ClFN4O. The molecule has 2 fully saturated rings. The molecule has 3 heterocycles. The van der Waals surface area contributed by atoms with Gasteiger partial charge in [-0.25, -0.2) is 14.4 Å². The molecule has 0 radical (unpaired) electrons. The van der Waals surface area contributed by atoms with Crippen LogP contribution in [0.2, 0.25) is 5.02 Å². The Bertz CT molecular complexity index is 924. The molecule has 31 heavy (non-hydrogen) atoms. The van der Waals surface area contributed by atoms with Crippen LogP contribution in [0.15, 0.2) is 24.5 Å². The smallest absolute Gasteiger partial charge is 0.272 e. The van der Waals surface area contributed by atoms with Crippen molar-refractivity contribution in [2.45, 2.75) is 57.9 Å². The lowest BCUT2D eigenvalue weighted by molar-refractivity contribution is 0.0583. The van der Waals surface area contributed by atoms with Crippen LogP contribution < -0.4 is 0 Å². The predicted molar refractivity (Wildman–Crippen MR) is 120 cm³/mol. The van der Waals surface area contributed by atoms with E-state index in [1.807, 2.05) is 17.9 Å². The van der Waals surface area contributed by atoms with Gasteiger partial charge in [-0.05, 0) is 76.2 Å². The number of aromatic nitrogens is 2. The molecule has 2 aliphatic rings. The normalized spacial score (nSPS) is 18.4. The minimum atomic E-state index is -0.414. The van der Waals surface area contributed by atoms with Crippen molar-refractivity contribution in [1.82, 2.24) is 19.8 Å².